The fraction of sp³-hybridized carbons (Fsp3) is 0.450. The van der Waals surface area contributed by atoms with Gasteiger partial charge in [-0.05, 0) is 26.0 Å². The first-order chi connectivity index (χ1) is 14.3. The first-order valence-electron chi connectivity index (χ1n) is 9.89. The van der Waals surface area contributed by atoms with Gasteiger partial charge in [-0.25, -0.2) is 13.4 Å². The minimum Gasteiger partial charge on any atom is -0.312 e. The van der Waals surface area contributed by atoms with Gasteiger partial charge in [0.2, 0.25) is 21.8 Å². The van der Waals surface area contributed by atoms with Crippen LogP contribution in [0.3, 0.4) is 0 Å². The van der Waals surface area contributed by atoms with Crippen LogP contribution in [0, 0.1) is 5.92 Å². The molecule has 0 aliphatic carbocycles. The van der Waals surface area contributed by atoms with Crippen LogP contribution < -0.4 is 10.2 Å². The Hall–Kier alpha value is -2.30. The molecule has 4 rings (SSSR count). The second kappa shape index (κ2) is 8.09. The van der Waals surface area contributed by atoms with Crippen LogP contribution in [0.15, 0.2) is 30.3 Å². The van der Waals surface area contributed by atoms with Gasteiger partial charge in [0.25, 0.3) is 0 Å². The van der Waals surface area contributed by atoms with E-state index in [1.54, 1.807) is 18.7 Å². The average molecular weight is 449 g/mol. The molecule has 0 bridgehead atoms. The summed E-state index contributed by atoms with van der Waals surface area (Å²) in [7, 11) is -3.33. The van der Waals surface area contributed by atoms with E-state index in [2.05, 4.69) is 10.3 Å². The summed E-state index contributed by atoms with van der Waals surface area (Å²) in [5.74, 6) is -0.759. The molecular weight excluding hydrogens is 424 g/mol. The molecule has 30 heavy (non-hydrogen) atoms. The number of carbonyl (C=O) groups is 2. The molecule has 2 aliphatic heterocycles. The number of hydrogen-bond acceptors (Lipinski definition) is 6. The van der Waals surface area contributed by atoms with Gasteiger partial charge >= 0.3 is 0 Å². The van der Waals surface area contributed by atoms with Crippen molar-refractivity contribution in [3.05, 3.63) is 40.9 Å². The highest BCUT2D eigenvalue weighted by Crippen LogP contribution is 2.31. The lowest BCUT2D eigenvalue weighted by molar-refractivity contribution is -0.122. The van der Waals surface area contributed by atoms with Crippen LogP contribution in [-0.4, -0.2) is 47.9 Å². The molecule has 3 heterocycles. The predicted molar refractivity (Wildman–Crippen MR) is 116 cm³/mol. The molecule has 0 spiro atoms. The zero-order valence-corrected chi connectivity index (χ0v) is 18.5. The summed E-state index contributed by atoms with van der Waals surface area (Å²) in [6, 6.07) is 9.30. The van der Waals surface area contributed by atoms with Crippen molar-refractivity contribution in [3.8, 4) is 0 Å². The summed E-state index contributed by atoms with van der Waals surface area (Å²) in [6.07, 6.45) is 0.684. The van der Waals surface area contributed by atoms with Crippen molar-refractivity contribution in [2.24, 2.45) is 5.92 Å². The molecule has 1 aromatic carbocycles. The second-order valence-corrected chi connectivity index (χ2v) is 11.4. The number of rotatable bonds is 5. The van der Waals surface area contributed by atoms with E-state index < -0.39 is 21.2 Å². The summed E-state index contributed by atoms with van der Waals surface area (Å²) in [4.78, 5) is 32.1. The van der Waals surface area contributed by atoms with E-state index in [0.717, 1.165) is 16.3 Å². The maximum Gasteiger partial charge on any atom is 0.231 e. The third-order valence-corrected chi connectivity index (χ3v) is 8.67. The Bertz CT molecular complexity index is 1070. The van der Waals surface area contributed by atoms with Crippen molar-refractivity contribution in [1.82, 2.24) is 9.29 Å². The van der Waals surface area contributed by atoms with Crippen molar-refractivity contribution >= 4 is 44.0 Å². The zero-order valence-electron chi connectivity index (χ0n) is 16.9. The molecule has 10 heteroatoms. The smallest absolute Gasteiger partial charge is 0.231 e. The number of sulfonamides is 1. The van der Waals surface area contributed by atoms with Crippen molar-refractivity contribution in [2.75, 3.05) is 23.3 Å². The molecule has 8 nitrogen and oxygen atoms in total. The van der Waals surface area contributed by atoms with Gasteiger partial charge in [-0.15, -0.1) is 11.3 Å². The molecule has 2 amide bonds. The van der Waals surface area contributed by atoms with Gasteiger partial charge in [0.05, 0.1) is 16.9 Å². The number of amides is 2. The van der Waals surface area contributed by atoms with Gasteiger partial charge in [-0.3, -0.25) is 9.59 Å². The third-order valence-electron chi connectivity index (χ3n) is 5.45. The Kier molecular flexibility index (Phi) is 5.65. The fourth-order valence-corrected chi connectivity index (χ4v) is 6.05. The second-order valence-electron chi connectivity index (χ2n) is 7.80. The molecule has 0 saturated carbocycles. The number of nitrogens with one attached hydrogen (secondary N) is 1. The molecule has 1 unspecified atom stereocenters. The highest BCUT2D eigenvalue weighted by Gasteiger charge is 2.36. The van der Waals surface area contributed by atoms with Crippen LogP contribution in [0.4, 0.5) is 10.8 Å². The van der Waals surface area contributed by atoms with Crippen LogP contribution in [0.25, 0.3) is 0 Å². The van der Waals surface area contributed by atoms with Gasteiger partial charge in [-0.2, -0.15) is 4.31 Å². The number of carbonyl (C=O) groups excluding carboxylic acids is 2. The molecule has 1 saturated heterocycles. The Morgan fingerprint density at radius 2 is 2.00 bits per heavy atom. The Morgan fingerprint density at radius 3 is 2.70 bits per heavy atom. The van der Waals surface area contributed by atoms with Crippen LogP contribution in [-0.2, 0) is 32.6 Å². The van der Waals surface area contributed by atoms with Gasteiger partial charge in [0, 0.05) is 43.0 Å². The van der Waals surface area contributed by atoms with Crippen LogP contribution >= 0.6 is 11.3 Å². The molecule has 1 fully saturated rings. The predicted octanol–water partition coefficient (Wildman–Crippen LogP) is 2.23. The SMILES string of the molecule is CC(C)S(=O)(=O)N1CCc2nc(NC(=O)C3CC(=O)N(c4ccccc4)C3)sc2C1. The Labute approximate surface area is 180 Å². The zero-order chi connectivity index (χ0) is 21.5. The first-order valence-corrected chi connectivity index (χ1v) is 12.2. The maximum atomic E-state index is 12.7. The Balaban J connectivity index is 1.42. The first kappa shape index (κ1) is 21.0. The third kappa shape index (κ3) is 3.99. The number of nitrogens with zero attached hydrogens (tertiary/aromatic N) is 3. The number of fused-ring (bicyclic) bond motifs is 1. The van der Waals surface area contributed by atoms with E-state index in [9.17, 15) is 18.0 Å². The molecule has 1 atom stereocenters. The van der Waals surface area contributed by atoms with Crippen LogP contribution in [0.5, 0.6) is 0 Å². The standard InChI is InChI=1S/C20H24N4O4S2/c1-13(2)30(27,28)23-9-8-16-17(12-23)29-20(21-16)22-19(26)14-10-18(25)24(11-14)15-6-4-3-5-7-15/h3-7,13-14H,8-12H2,1-2H3,(H,21,22,26). The summed E-state index contributed by atoms with van der Waals surface area (Å²) >= 11 is 1.30. The number of hydrogen-bond donors (Lipinski definition) is 1. The minimum atomic E-state index is -3.33. The number of para-hydroxylation sites is 1. The molecule has 160 valence electrons. The summed E-state index contributed by atoms with van der Waals surface area (Å²) in [5.41, 5.74) is 1.62. The van der Waals surface area contributed by atoms with E-state index in [1.165, 1.54) is 15.6 Å². The summed E-state index contributed by atoms with van der Waals surface area (Å²) < 4.78 is 26.4. The minimum absolute atomic E-state index is 0.0747. The Morgan fingerprint density at radius 1 is 1.27 bits per heavy atom. The molecule has 0 radical (unpaired) electrons. The molecule has 1 N–H and O–H groups in total. The largest absolute Gasteiger partial charge is 0.312 e. The normalized spacial score (nSPS) is 19.9. The molecular formula is C20H24N4O4S2. The van der Waals surface area contributed by atoms with Crippen molar-refractivity contribution in [3.63, 3.8) is 0 Å². The number of anilines is 2. The highest BCUT2D eigenvalue weighted by atomic mass is 32.2. The fourth-order valence-electron chi connectivity index (χ4n) is 3.69. The monoisotopic (exact) mass is 448 g/mol. The lowest BCUT2D eigenvalue weighted by atomic mass is 10.1. The van der Waals surface area contributed by atoms with E-state index in [0.29, 0.717) is 24.6 Å². The lowest BCUT2D eigenvalue weighted by Crippen LogP contribution is -2.39. The van der Waals surface area contributed by atoms with Gasteiger partial charge in [0.1, 0.15) is 0 Å². The number of aromatic nitrogens is 1. The van der Waals surface area contributed by atoms with Crippen LogP contribution in [0.2, 0.25) is 0 Å². The maximum absolute atomic E-state index is 12.7. The molecule has 2 aliphatic rings. The quantitative estimate of drug-likeness (QED) is 0.756. The van der Waals surface area contributed by atoms with Gasteiger partial charge in [-0.1, -0.05) is 18.2 Å². The molecule has 2 aromatic rings. The van der Waals surface area contributed by atoms with Gasteiger partial charge < -0.3 is 10.2 Å². The highest BCUT2D eigenvalue weighted by molar-refractivity contribution is 7.89. The van der Waals surface area contributed by atoms with E-state index in [-0.39, 0.29) is 24.8 Å². The van der Waals surface area contributed by atoms with Crippen molar-refractivity contribution in [2.45, 2.75) is 38.5 Å². The van der Waals surface area contributed by atoms with Crippen molar-refractivity contribution in [1.29, 1.82) is 0 Å². The topological polar surface area (TPSA) is 99.7 Å². The van der Waals surface area contributed by atoms with Gasteiger partial charge in [0.15, 0.2) is 5.13 Å². The average Bonchev–Trinajstić information content (AvgIpc) is 3.30. The number of benzene rings is 1. The van der Waals surface area contributed by atoms with Crippen LogP contribution in [0.1, 0.15) is 30.8 Å². The van der Waals surface area contributed by atoms with E-state index in [1.807, 2.05) is 30.3 Å². The van der Waals surface area contributed by atoms with E-state index in [4.69, 9.17) is 0 Å². The summed E-state index contributed by atoms with van der Waals surface area (Å²) in [6.45, 7) is 4.36. The number of thiazole rings is 1. The molecule has 1 aromatic heterocycles. The summed E-state index contributed by atoms with van der Waals surface area (Å²) in [5, 5.41) is 2.82. The van der Waals surface area contributed by atoms with E-state index >= 15 is 0 Å². The lowest BCUT2D eigenvalue weighted by Gasteiger charge is -2.26. The van der Waals surface area contributed by atoms with Crippen molar-refractivity contribution < 1.29 is 18.0 Å².